The maximum atomic E-state index is 3.65. The topological polar surface area (TPSA) is 12.0 Å². The maximum Gasteiger partial charge on any atom is 0.00645 e. The SMILES string of the molecule is CCC1CC[C@@H]2CC2CCCN1. The van der Waals surface area contributed by atoms with Crippen molar-refractivity contribution in [3.05, 3.63) is 0 Å². The average molecular weight is 167 g/mol. The first-order valence-corrected chi connectivity index (χ1v) is 5.63. The number of hydrogen-bond donors (Lipinski definition) is 1. The summed E-state index contributed by atoms with van der Waals surface area (Å²) < 4.78 is 0. The Bertz CT molecular complexity index is 144. The summed E-state index contributed by atoms with van der Waals surface area (Å²) >= 11 is 0. The fourth-order valence-corrected chi connectivity index (χ4v) is 2.55. The van der Waals surface area contributed by atoms with Crippen LogP contribution in [0, 0.1) is 11.8 Å². The van der Waals surface area contributed by atoms with E-state index in [2.05, 4.69) is 12.2 Å². The zero-order valence-corrected chi connectivity index (χ0v) is 8.18. The van der Waals surface area contributed by atoms with Gasteiger partial charge in [-0.05, 0) is 56.9 Å². The molecule has 1 heteroatoms. The van der Waals surface area contributed by atoms with Crippen LogP contribution in [0.1, 0.15) is 45.4 Å². The van der Waals surface area contributed by atoms with Crippen molar-refractivity contribution in [1.29, 1.82) is 0 Å². The molecule has 1 saturated heterocycles. The van der Waals surface area contributed by atoms with E-state index >= 15 is 0 Å². The Morgan fingerprint density at radius 1 is 1.17 bits per heavy atom. The summed E-state index contributed by atoms with van der Waals surface area (Å²) in [5.74, 6) is 2.25. The van der Waals surface area contributed by atoms with Crippen LogP contribution in [0.3, 0.4) is 0 Å². The number of rotatable bonds is 1. The molecule has 1 N–H and O–H groups in total. The van der Waals surface area contributed by atoms with E-state index in [1.54, 1.807) is 6.42 Å². The summed E-state index contributed by atoms with van der Waals surface area (Å²) in [4.78, 5) is 0. The molecule has 2 rings (SSSR count). The molecule has 3 atom stereocenters. The highest BCUT2D eigenvalue weighted by atomic mass is 14.9. The predicted molar refractivity (Wildman–Crippen MR) is 52.1 cm³/mol. The molecule has 2 aliphatic rings. The molecule has 12 heavy (non-hydrogen) atoms. The molecule has 0 amide bonds. The summed E-state index contributed by atoms with van der Waals surface area (Å²) in [6.45, 7) is 3.57. The van der Waals surface area contributed by atoms with Gasteiger partial charge in [0, 0.05) is 6.04 Å². The minimum Gasteiger partial charge on any atom is -0.314 e. The van der Waals surface area contributed by atoms with Crippen LogP contribution in [0.2, 0.25) is 0 Å². The Kier molecular flexibility index (Phi) is 2.69. The molecule has 0 aromatic heterocycles. The molecule has 70 valence electrons. The van der Waals surface area contributed by atoms with Crippen molar-refractivity contribution in [1.82, 2.24) is 5.32 Å². The summed E-state index contributed by atoms with van der Waals surface area (Å²) in [6, 6.07) is 0.823. The molecule has 1 aliphatic heterocycles. The summed E-state index contributed by atoms with van der Waals surface area (Å²) in [7, 11) is 0. The van der Waals surface area contributed by atoms with Crippen molar-refractivity contribution in [2.24, 2.45) is 11.8 Å². The fourth-order valence-electron chi connectivity index (χ4n) is 2.55. The minimum absolute atomic E-state index is 0.823. The molecule has 0 aromatic rings. The van der Waals surface area contributed by atoms with E-state index in [0.29, 0.717) is 0 Å². The van der Waals surface area contributed by atoms with Crippen molar-refractivity contribution in [2.45, 2.75) is 51.5 Å². The third-order valence-corrected chi connectivity index (χ3v) is 3.63. The van der Waals surface area contributed by atoms with Gasteiger partial charge in [-0.3, -0.25) is 0 Å². The summed E-state index contributed by atoms with van der Waals surface area (Å²) in [5.41, 5.74) is 0. The molecular formula is C11H21N. The summed E-state index contributed by atoms with van der Waals surface area (Å²) in [6.07, 6.45) is 8.70. The lowest BCUT2D eigenvalue weighted by molar-refractivity contribution is 0.451. The minimum atomic E-state index is 0.823. The zero-order chi connectivity index (χ0) is 8.39. The van der Waals surface area contributed by atoms with Gasteiger partial charge < -0.3 is 5.32 Å². The maximum absolute atomic E-state index is 3.65. The van der Waals surface area contributed by atoms with Gasteiger partial charge in [-0.2, -0.15) is 0 Å². The Balaban J connectivity index is 1.80. The molecule has 1 heterocycles. The van der Waals surface area contributed by atoms with Gasteiger partial charge in [0.2, 0.25) is 0 Å². The second-order valence-corrected chi connectivity index (χ2v) is 4.53. The van der Waals surface area contributed by atoms with Crippen LogP contribution < -0.4 is 5.32 Å². The normalized spacial score (nSPS) is 42.2. The Labute approximate surface area is 75.9 Å². The van der Waals surface area contributed by atoms with Gasteiger partial charge in [-0.15, -0.1) is 0 Å². The van der Waals surface area contributed by atoms with Crippen molar-refractivity contribution < 1.29 is 0 Å². The molecule has 0 radical (unpaired) electrons. The van der Waals surface area contributed by atoms with Gasteiger partial charge >= 0.3 is 0 Å². The van der Waals surface area contributed by atoms with Crippen LogP contribution in [0.4, 0.5) is 0 Å². The third-order valence-electron chi connectivity index (χ3n) is 3.63. The highest BCUT2D eigenvalue weighted by molar-refractivity contribution is 4.88. The van der Waals surface area contributed by atoms with E-state index in [9.17, 15) is 0 Å². The number of hydrogen-bond acceptors (Lipinski definition) is 1. The van der Waals surface area contributed by atoms with Gasteiger partial charge in [0.15, 0.2) is 0 Å². The van der Waals surface area contributed by atoms with Gasteiger partial charge in [0.25, 0.3) is 0 Å². The molecule has 1 saturated carbocycles. The first-order chi connectivity index (χ1) is 5.90. The van der Waals surface area contributed by atoms with E-state index in [4.69, 9.17) is 0 Å². The lowest BCUT2D eigenvalue weighted by Gasteiger charge is -2.15. The van der Waals surface area contributed by atoms with Crippen LogP contribution in [-0.4, -0.2) is 12.6 Å². The molecule has 0 spiro atoms. The molecule has 2 fully saturated rings. The van der Waals surface area contributed by atoms with Crippen molar-refractivity contribution in [3.63, 3.8) is 0 Å². The lowest BCUT2D eigenvalue weighted by Crippen LogP contribution is -2.28. The standard InChI is InChI=1S/C11H21N/c1-2-11-6-5-10-8-9(10)4-3-7-12-11/h9-12H,2-8H2,1H3/t9?,10-,11?/m1/s1. The number of nitrogens with one attached hydrogen (secondary N) is 1. The van der Waals surface area contributed by atoms with Crippen molar-refractivity contribution in [3.8, 4) is 0 Å². The van der Waals surface area contributed by atoms with Gasteiger partial charge in [-0.1, -0.05) is 6.92 Å². The predicted octanol–water partition coefficient (Wildman–Crippen LogP) is 2.56. The first-order valence-electron chi connectivity index (χ1n) is 5.63. The first kappa shape index (κ1) is 8.55. The van der Waals surface area contributed by atoms with Gasteiger partial charge in [-0.25, -0.2) is 0 Å². The zero-order valence-electron chi connectivity index (χ0n) is 8.18. The van der Waals surface area contributed by atoms with Crippen LogP contribution in [0.25, 0.3) is 0 Å². The highest BCUT2D eigenvalue weighted by Gasteiger charge is 2.36. The van der Waals surface area contributed by atoms with E-state index in [1.807, 2.05) is 0 Å². The van der Waals surface area contributed by atoms with Gasteiger partial charge in [0.1, 0.15) is 0 Å². The lowest BCUT2D eigenvalue weighted by atomic mass is 10.1. The Morgan fingerprint density at radius 3 is 2.83 bits per heavy atom. The Morgan fingerprint density at radius 2 is 2.00 bits per heavy atom. The third kappa shape index (κ3) is 2.01. The second kappa shape index (κ2) is 3.78. The van der Waals surface area contributed by atoms with E-state index in [1.165, 1.54) is 38.6 Å². The van der Waals surface area contributed by atoms with E-state index < -0.39 is 0 Å². The van der Waals surface area contributed by atoms with Crippen molar-refractivity contribution in [2.75, 3.05) is 6.54 Å². The van der Waals surface area contributed by atoms with Crippen molar-refractivity contribution >= 4 is 0 Å². The largest absolute Gasteiger partial charge is 0.314 e. The monoisotopic (exact) mass is 167 g/mol. The molecule has 0 aromatic carbocycles. The molecule has 2 unspecified atom stereocenters. The van der Waals surface area contributed by atoms with Gasteiger partial charge in [0.05, 0.1) is 0 Å². The van der Waals surface area contributed by atoms with E-state index in [-0.39, 0.29) is 0 Å². The van der Waals surface area contributed by atoms with E-state index in [0.717, 1.165) is 17.9 Å². The van der Waals surface area contributed by atoms with Crippen LogP contribution >= 0.6 is 0 Å². The number of fused-ring (bicyclic) bond motifs is 1. The Hall–Kier alpha value is -0.0400. The quantitative estimate of drug-likeness (QED) is 0.633. The second-order valence-electron chi connectivity index (χ2n) is 4.53. The highest BCUT2D eigenvalue weighted by Crippen LogP contribution is 2.45. The molecule has 0 bridgehead atoms. The molecule has 1 aliphatic carbocycles. The van der Waals surface area contributed by atoms with Crippen LogP contribution in [0.15, 0.2) is 0 Å². The smallest absolute Gasteiger partial charge is 0.00645 e. The summed E-state index contributed by atoms with van der Waals surface area (Å²) in [5, 5.41) is 3.65. The molecule has 1 nitrogen and oxygen atoms in total. The fraction of sp³-hybridized carbons (Fsp3) is 1.00. The molecular weight excluding hydrogens is 146 g/mol. The van der Waals surface area contributed by atoms with Crippen LogP contribution in [-0.2, 0) is 0 Å². The van der Waals surface area contributed by atoms with Crippen LogP contribution in [0.5, 0.6) is 0 Å². The average Bonchev–Trinajstić information content (AvgIpc) is 2.82.